The number of fused-ring (bicyclic) bond motifs is 2. The van der Waals surface area contributed by atoms with Gasteiger partial charge >= 0.3 is 0 Å². The molecule has 1 atom stereocenters. The Kier molecular flexibility index (Phi) is 18.9. The van der Waals surface area contributed by atoms with E-state index in [1.807, 2.05) is 6.07 Å². The Morgan fingerprint density at radius 1 is 0.776 bits per heavy atom. The molecular weight excluding hydrogens is 1010 g/mol. The van der Waals surface area contributed by atoms with Crippen LogP contribution in [0.25, 0.3) is 22.3 Å². The fourth-order valence-electron chi connectivity index (χ4n) is 9.16. The summed E-state index contributed by atoms with van der Waals surface area (Å²) in [6.07, 6.45) is 4.13. The standard InChI is InChI=1S/C53H63FN8O13S/c1-60-47(64)13-12-45(52(60)67)62-51(66)41-4-2-5-44(48(41)53(62)68)56-18-21-72-23-25-74-27-29-75-28-26-73-24-22-71-20-15-46(63)57-16-3-19-61(37-7-8-37)76(69,70)38-9-11-39(43(54)32-38)36-31-42(49(55)59-33-36)34-6-10-40-35(30-34)14-17-58-50(40)65/h2,4-6,9-11,30-33,37,45,56H,3,7-8,12-29H2,1H3,(H2,55,59)(H,57,63)(H,58,65). The van der Waals surface area contributed by atoms with Crippen LogP contribution in [-0.2, 0) is 54.5 Å². The molecule has 6 amide bonds. The minimum Gasteiger partial charge on any atom is -0.383 e. The fourth-order valence-corrected chi connectivity index (χ4v) is 10.9. The van der Waals surface area contributed by atoms with Crippen LogP contribution in [0.1, 0.15) is 75.2 Å². The number of piperidine rings is 1. The summed E-state index contributed by atoms with van der Waals surface area (Å²) in [5.41, 5.74) is 10.4. The Labute approximate surface area is 439 Å². The molecule has 4 aromatic rings. The second-order valence-electron chi connectivity index (χ2n) is 18.5. The van der Waals surface area contributed by atoms with Crippen molar-refractivity contribution in [2.24, 2.45) is 0 Å². The second kappa shape index (κ2) is 25.9. The van der Waals surface area contributed by atoms with E-state index in [0.717, 1.165) is 27.0 Å². The molecule has 3 aliphatic heterocycles. The predicted octanol–water partition coefficient (Wildman–Crippen LogP) is 3.41. The normalized spacial score (nSPS) is 16.6. The van der Waals surface area contributed by atoms with E-state index in [9.17, 15) is 37.2 Å². The number of likely N-dealkylation sites (N-methyl/N-ethyl adjacent to an activating group) is 1. The molecule has 1 aliphatic carbocycles. The number of carbonyl (C=O) groups excluding carboxylic acids is 6. The molecule has 4 aliphatic rings. The van der Waals surface area contributed by atoms with Crippen LogP contribution < -0.4 is 21.7 Å². The molecule has 1 saturated carbocycles. The molecule has 0 radical (unpaired) electrons. The smallest absolute Gasteiger partial charge is 0.264 e. The number of imide groups is 2. The van der Waals surface area contributed by atoms with Gasteiger partial charge in [-0.2, -0.15) is 4.31 Å². The number of anilines is 2. The highest BCUT2D eigenvalue weighted by Crippen LogP contribution is 2.37. The van der Waals surface area contributed by atoms with Crippen molar-refractivity contribution >= 4 is 57.0 Å². The number of sulfonamides is 1. The van der Waals surface area contributed by atoms with Gasteiger partial charge in [-0.3, -0.25) is 38.6 Å². The highest BCUT2D eigenvalue weighted by Gasteiger charge is 2.47. The van der Waals surface area contributed by atoms with Crippen molar-refractivity contribution in [1.82, 2.24) is 29.7 Å². The monoisotopic (exact) mass is 1070 g/mol. The lowest BCUT2D eigenvalue weighted by Gasteiger charge is -2.32. The molecule has 3 aromatic carbocycles. The van der Waals surface area contributed by atoms with E-state index in [2.05, 4.69) is 20.9 Å². The third-order valence-electron chi connectivity index (χ3n) is 13.4. The van der Waals surface area contributed by atoms with Crippen molar-refractivity contribution in [3.8, 4) is 22.3 Å². The highest BCUT2D eigenvalue weighted by atomic mass is 32.2. The fraction of sp³-hybridized carbons (Fsp3) is 0.453. The van der Waals surface area contributed by atoms with Crippen molar-refractivity contribution in [1.29, 1.82) is 0 Å². The van der Waals surface area contributed by atoms with E-state index in [4.69, 9.17) is 29.4 Å². The van der Waals surface area contributed by atoms with Crippen LogP contribution in [0.5, 0.6) is 0 Å². The number of hydrogen-bond acceptors (Lipinski definition) is 16. The van der Waals surface area contributed by atoms with Gasteiger partial charge in [-0.1, -0.05) is 24.3 Å². The number of hydrogen-bond donors (Lipinski definition) is 4. The summed E-state index contributed by atoms with van der Waals surface area (Å²) >= 11 is 0. The van der Waals surface area contributed by atoms with Crippen LogP contribution in [0.15, 0.2) is 71.8 Å². The minimum absolute atomic E-state index is 0.0681. The summed E-state index contributed by atoms with van der Waals surface area (Å²) in [6, 6.07) is 14.6. The number of benzene rings is 3. The molecule has 0 bridgehead atoms. The van der Waals surface area contributed by atoms with Gasteiger partial charge in [0.2, 0.25) is 21.8 Å². The van der Waals surface area contributed by atoms with Gasteiger partial charge in [-0.05, 0) is 79.6 Å². The zero-order chi connectivity index (χ0) is 53.8. The number of likely N-dealkylation sites (tertiary alicyclic amines) is 1. The lowest BCUT2D eigenvalue weighted by atomic mass is 9.94. The average Bonchev–Trinajstić information content (AvgIpc) is 4.23. The van der Waals surface area contributed by atoms with Crippen molar-refractivity contribution in [2.45, 2.75) is 61.9 Å². The van der Waals surface area contributed by atoms with Crippen molar-refractivity contribution in [2.75, 3.05) is 110 Å². The Morgan fingerprint density at radius 3 is 2.16 bits per heavy atom. The summed E-state index contributed by atoms with van der Waals surface area (Å²) in [5.74, 6) is -2.93. The molecule has 1 unspecified atom stereocenters. The lowest BCUT2D eigenvalue weighted by molar-refractivity contribution is -0.149. The largest absolute Gasteiger partial charge is 0.383 e. The van der Waals surface area contributed by atoms with E-state index in [0.29, 0.717) is 114 Å². The van der Waals surface area contributed by atoms with Crippen molar-refractivity contribution in [3.05, 3.63) is 94.9 Å². The molecule has 0 spiro atoms. The maximum atomic E-state index is 15.8. The molecule has 406 valence electrons. The topological polar surface area (TPSA) is 267 Å². The molecule has 23 heteroatoms. The molecule has 8 rings (SSSR count). The first kappa shape index (κ1) is 55.5. The van der Waals surface area contributed by atoms with E-state index in [1.165, 1.54) is 29.7 Å². The Hall–Kier alpha value is -6.73. The first-order valence-electron chi connectivity index (χ1n) is 25.4. The van der Waals surface area contributed by atoms with Crippen LogP contribution in [0.2, 0.25) is 0 Å². The lowest BCUT2D eigenvalue weighted by Crippen LogP contribution is -2.54. The van der Waals surface area contributed by atoms with Gasteiger partial charge < -0.3 is 45.4 Å². The average molecular weight is 1070 g/mol. The van der Waals surface area contributed by atoms with Gasteiger partial charge in [0.15, 0.2) is 0 Å². The van der Waals surface area contributed by atoms with Gasteiger partial charge in [0.1, 0.15) is 17.7 Å². The van der Waals surface area contributed by atoms with Crippen LogP contribution >= 0.6 is 0 Å². The van der Waals surface area contributed by atoms with E-state index >= 15 is 4.39 Å². The van der Waals surface area contributed by atoms with Gasteiger partial charge in [0, 0.05) is 86.2 Å². The first-order valence-corrected chi connectivity index (χ1v) is 26.9. The molecular formula is C53H63FN8O13S. The highest BCUT2D eigenvalue weighted by molar-refractivity contribution is 7.89. The number of rotatable bonds is 29. The summed E-state index contributed by atoms with van der Waals surface area (Å²) in [7, 11) is -2.70. The molecule has 1 saturated heterocycles. The SMILES string of the molecule is CN1C(=O)CCC(N2C(=O)c3cccc(NCCOCCOCCOCCOCCOCCC(=O)NCCCN(C4CC4)S(=O)(=O)c4ccc(-c5cnc(N)c(-c6ccc7c(c6)CCNC7=O)c5)c(F)c4)c3C2=O)C1=O. The van der Waals surface area contributed by atoms with E-state index in [-0.39, 0.29) is 96.7 Å². The number of aromatic nitrogens is 1. The maximum absolute atomic E-state index is 15.8. The first-order chi connectivity index (χ1) is 36.7. The molecule has 76 heavy (non-hydrogen) atoms. The summed E-state index contributed by atoms with van der Waals surface area (Å²) < 4.78 is 72.5. The molecule has 21 nitrogen and oxygen atoms in total. The maximum Gasteiger partial charge on any atom is 0.264 e. The van der Waals surface area contributed by atoms with Gasteiger partial charge in [0.25, 0.3) is 23.6 Å². The third-order valence-corrected chi connectivity index (χ3v) is 15.3. The second-order valence-corrected chi connectivity index (χ2v) is 20.4. The number of pyridine rings is 1. The molecule has 1 aromatic heterocycles. The number of nitrogens with zero attached hydrogens (tertiary/aromatic N) is 4. The summed E-state index contributed by atoms with van der Waals surface area (Å²) in [5, 5.41) is 8.76. The van der Waals surface area contributed by atoms with E-state index in [1.54, 1.807) is 36.4 Å². The van der Waals surface area contributed by atoms with Crippen LogP contribution in [0, 0.1) is 5.82 Å². The van der Waals surface area contributed by atoms with Gasteiger partial charge in [0.05, 0.1) is 82.1 Å². The molecule has 4 heterocycles. The van der Waals surface area contributed by atoms with E-state index < -0.39 is 39.6 Å². The predicted molar refractivity (Wildman–Crippen MR) is 275 cm³/mol. The zero-order valence-electron chi connectivity index (χ0n) is 42.3. The Morgan fingerprint density at radius 2 is 1.46 bits per heavy atom. The number of amides is 6. The van der Waals surface area contributed by atoms with Gasteiger partial charge in [-0.25, -0.2) is 17.8 Å². The van der Waals surface area contributed by atoms with Crippen LogP contribution in [-0.4, -0.2) is 174 Å². The Bertz CT molecular complexity index is 2920. The zero-order valence-corrected chi connectivity index (χ0v) is 43.1. The van der Waals surface area contributed by atoms with Crippen LogP contribution in [0.4, 0.5) is 15.9 Å². The quantitative estimate of drug-likeness (QED) is 0.0448. The third kappa shape index (κ3) is 13.4. The number of nitrogens with one attached hydrogen (secondary N) is 3. The van der Waals surface area contributed by atoms with Crippen molar-refractivity contribution in [3.63, 3.8) is 0 Å². The number of carbonyl (C=O) groups is 6. The number of halogens is 1. The van der Waals surface area contributed by atoms with Crippen LogP contribution in [0.3, 0.4) is 0 Å². The van der Waals surface area contributed by atoms with Crippen molar-refractivity contribution < 1.29 is 65.3 Å². The summed E-state index contributed by atoms with van der Waals surface area (Å²) in [6.45, 7) is 4.42. The molecule has 5 N–H and O–H groups in total. The number of nitrogen functional groups attached to an aromatic ring is 1. The minimum atomic E-state index is -4.05. The number of ether oxygens (including phenoxy) is 5. The summed E-state index contributed by atoms with van der Waals surface area (Å²) in [4.78, 5) is 81.9. The Balaban J connectivity index is 0.633. The number of nitrogens with two attached hydrogens (primary N) is 1. The van der Waals surface area contributed by atoms with Gasteiger partial charge in [-0.15, -0.1) is 0 Å². The molecule has 2 fully saturated rings.